The molecule has 1 aromatic rings. The second-order valence-electron chi connectivity index (χ2n) is 8.51. The summed E-state index contributed by atoms with van der Waals surface area (Å²) in [4.78, 5) is 16.8. The molecule has 0 saturated heterocycles. The first-order valence-electron chi connectivity index (χ1n) is 11.7. The molecule has 0 bridgehead atoms. The lowest BCUT2D eigenvalue weighted by Gasteiger charge is -2.30. The summed E-state index contributed by atoms with van der Waals surface area (Å²) in [5, 5.41) is 10.1. The summed E-state index contributed by atoms with van der Waals surface area (Å²) in [7, 11) is 3.46. The number of aliphatic imine (C=N–C) groups is 1. The van der Waals surface area contributed by atoms with Gasteiger partial charge in [-0.25, -0.2) is 0 Å². The highest BCUT2D eigenvalue weighted by Crippen LogP contribution is 2.29. The Hall–Kier alpha value is -2.44. The van der Waals surface area contributed by atoms with E-state index in [-0.39, 0.29) is 11.8 Å². The minimum atomic E-state index is 0.125. The number of hydrogen-bond donors (Lipinski definition) is 3. The van der Waals surface area contributed by atoms with E-state index >= 15 is 0 Å². The summed E-state index contributed by atoms with van der Waals surface area (Å²) in [6.45, 7) is 3.42. The molecule has 0 aromatic heterocycles. The van der Waals surface area contributed by atoms with E-state index in [0.29, 0.717) is 18.7 Å². The van der Waals surface area contributed by atoms with E-state index < -0.39 is 0 Å². The lowest BCUT2D eigenvalue weighted by Crippen LogP contribution is -2.47. The van der Waals surface area contributed by atoms with Crippen LogP contribution in [0.2, 0.25) is 0 Å². The molecule has 3 N–H and O–H groups in total. The number of ether oxygens (including phenoxy) is 2. The largest absolute Gasteiger partial charge is 0.493 e. The molecule has 0 spiro atoms. The van der Waals surface area contributed by atoms with Gasteiger partial charge in [-0.2, -0.15) is 0 Å². The number of benzene rings is 1. The van der Waals surface area contributed by atoms with Crippen LogP contribution in [-0.2, 0) is 11.2 Å². The standard InChI is InChI=1S/C24H38N4O3/c1-4-31-22-15-17(10-13-21(22)30-3)7-6-14-26-24(25-2)28-20-9-5-8-18(16-20)23(29)27-19-11-12-19/h10,13,15,18-20H,4-9,11-12,14,16H2,1-3H3,(H,27,29)(H2,25,26,28). The van der Waals surface area contributed by atoms with Gasteiger partial charge in [-0.15, -0.1) is 0 Å². The van der Waals surface area contributed by atoms with E-state index in [0.717, 1.165) is 75.4 Å². The van der Waals surface area contributed by atoms with Crippen LogP contribution in [0.25, 0.3) is 0 Å². The number of nitrogens with zero attached hydrogens (tertiary/aromatic N) is 1. The first kappa shape index (κ1) is 23.2. The summed E-state index contributed by atoms with van der Waals surface area (Å²) in [5.74, 6) is 2.75. The van der Waals surface area contributed by atoms with E-state index in [1.807, 2.05) is 13.0 Å². The molecule has 7 heteroatoms. The van der Waals surface area contributed by atoms with E-state index in [2.05, 4.69) is 33.1 Å². The Kier molecular flexibility index (Phi) is 8.85. The molecular weight excluding hydrogens is 392 g/mol. The smallest absolute Gasteiger partial charge is 0.223 e. The predicted molar refractivity (Wildman–Crippen MR) is 124 cm³/mol. The van der Waals surface area contributed by atoms with Gasteiger partial charge in [0.1, 0.15) is 0 Å². The molecule has 3 rings (SSSR count). The summed E-state index contributed by atoms with van der Waals surface area (Å²) < 4.78 is 11.0. The van der Waals surface area contributed by atoms with Crippen molar-refractivity contribution in [3.05, 3.63) is 23.8 Å². The molecule has 7 nitrogen and oxygen atoms in total. The van der Waals surface area contributed by atoms with Crippen LogP contribution < -0.4 is 25.4 Å². The zero-order valence-corrected chi connectivity index (χ0v) is 19.2. The molecule has 2 unspecified atom stereocenters. The van der Waals surface area contributed by atoms with Gasteiger partial charge in [0.2, 0.25) is 5.91 Å². The van der Waals surface area contributed by atoms with Gasteiger partial charge in [0.15, 0.2) is 17.5 Å². The highest BCUT2D eigenvalue weighted by Gasteiger charge is 2.31. The van der Waals surface area contributed by atoms with Crippen molar-refractivity contribution in [3.8, 4) is 11.5 Å². The summed E-state index contributed by atoms with van der Waals surface area (Å²) in [6.07, 6.45) is 8.24. The lowest BCUT2D eigenvalue weighted by molar-refractivity contribution is -0.126. The molecule has 1 amide bonds. The third kappa shape index (κ3) is 7.33. The topological polar surface area (TPSA) is 84.0 Å². The Labute approximate surface area is 186 Å². The van der Waals surface area contributed by atoms with Crippen molar-refractivity contribution >= 4 is 11.9 Å². The van der Waals surface area contributed by atoms with Crippen LogP contribution in [0.5, 0.6) is 11.5 Å². The van der Waals surface area contributed by atoms with Gasteiger partial charge < -0.3 is 25.4 Å². The fraction of sp³-hybridized carbons (Fsp3) is 0.667. The van der Waals surface area contributed by atoms with Crippen molar-refractivity contribution in [3.63, 3.8) is 0 Å². The lowest BCUT2D eigenvalue weighted by atomic mass is 9.85. The Balaban J connectivity index is 1.40. The van der Waals surface area contributed by atoms with Gasteiger partial charge >= 0.3 is 0 Å². The Morgan fingerprint density at radius 3 is 2.68 bits per heavy atom. The second-order valence-corrected chi connectivity index (χ2v) is 8.51. The molecular formula is C24H38N4O3. The normalized spacial score (nSPS) is 21.3. The van der Waals surface area contributed by atoms with E-state index in [1.54, 1.807) is 14.2 Å². The number of hydrogen-bond acceptors (Lipinski definition) is 4. The number of rotatable bonds is 10. The fourth-order valence-electron chi connectivity index (χ4n) is 4.14. The van der Waals surface area contributed by atoms with Gasteiger partial charge in [-0.1, -0.05) is 12.5 Å². The maximum atomic E-state index is 12.4. The third-order valence-corrected chi connectivity index (χ3v) is 6.00. The monoisotopic (exact) mass is 430 g/mol. The summed E-state index contributed by atoms with van der Waals surface area (Å²) in [6, 6.07) is 6.84. The van der Waals surface area contributed by atoms with Gasteiger partial charge in [-0.05, 0) is 69.6 Å². The maximum Gasteiger partial charge on any atom is 0.223 e. The number of carbonyl (C=O) groups excluding carboxylic acids is 1. The van der Waals surface area contributed by atoms with Crippen LogP contribution in [0.4, 0.5) is 0 Å². The molecule has 1 aromatic carbocycles. The second kappa shape index (κ2) is 11.8. The minimum absolute atomic E-state index is 0.125. The average molecular weight is 431 g/mol. The van der Waals surface area contributed by atoms with Crippen LogP contribution in [0, 0.1) is 5.92 Å². The molecule has 0 radical (unpaired) electrons. The van der Waals surface area contributed by atoms with Crippen molar-refractivity contribution in [2.24, 2.45) is 10.9 Å². The number of carbonyl (C=O) groups is 1. The van der Waals surface area contributed by atoms with Crippen LogP contribution in [0.15, 0.2) is 23.2 Å². The molecule has 0 heterocycles. The minimum Gasteiger partial charge on any atom is -0.493 e. The third-order valence-electron chi connectivity index (χ3n) is 6.00. The molecule has 2 atom stereocenters. The van der Waals surface area contributed by atoms with Gasteiger partial charge in [0.25, 0.3) is 0 Å². The van der Waals surface area contributed by atoms with Crippen molar-refractivity contribution in [2.75, 3.05) is 27.3 Å². The highest BCUT2D eigenvalue weighted by atomic mass is 16.5. The summed E-state index contributed by atoms with van der Waals surface area (Å²) in [5.41, 5.74) is 1.23. The zero-order chi connectivity index (χ0) is 22.1. The van der Waals surface area contributed by atoms with Crippen molar-refractivity contribution in [2.45, 2.75) is 70.4 Å². The van der Waals surface area contributed by atoms with E-state index in [4.69, 9.17) is 9.47 Å². The molecule has 2 aliphatic carbocycles. The molecule has 2 aliphatic rings. The first-order chi connectivity index (χ1) is 15.1. The number of methoxy groups -OCH3 is 1. The number of amides is 1. The molecule has 172 valence electrons. The SMILES string of the molecule is CCOc1cc(CCCNC(=NC)NC2CCCC(C(=O)NC3CC3)C2)ccc1OC. The van der Waals surface area contributed by atoms with Crippen molar-refractivity contribution < 1.29 is 14.3 Å². The zero-order valence-electron chi connectivity index (χ0n) is 19.2. The Bertz CT molecular complexity index is 748. The highest BCUT2D eigenvalue weighted by molar-refractivity contribution is 5.81. The predicted octanol–water partition coefficient (Wildman–Crippen LogP) is 3.03. The number of nitrogens with one attached hydrogen (secondary N) is 3. The summed E-state index contributed by atoms with van der Waals surface area (Å²) >= 11 is 0. The maximum absolute atomic E-state index is 12.4. The molecule has 0 aliphatic heterocycles. The van der Waals surface area contributed by atoms with Crippen LogP contribution in [0.3, 0.4) is 0 Å². The Morgan fingerprint density at radius 2 is 1.97 bits per heavy atom. The van der Waals surface area contributed by atoms with E-state index in [9.17, 15) is 4.79 Å². The number of guanidine groups is 1. The van der Waals surface area contributed by atoms with Crippen LogP contribution in [0.1, 0.15) is 57.4 Å². The number of aryl methyl sites for hydroxylation is 1. The molecule has 2 fully saturated rings. The molecule has 2 saturated carbocycles. The van der Waals surface area contributed by atoms with Gasteiger partial charge in [0.05, 0.1) is 13.7 Å². The average Bonchev–Trinajstić information content (AvgIpc) is 3.60. The van der Waals surface area contributed by atoms with Crippen molar-refractivity contribution in [1.29, 1.82) is 0 Å². The van der Waals surface area contributed by atoms with Gasteiger partial charge in [-0.3, -0.25) is 9.79 Å². The quantitative estimate of drug-likeness (QED) is 0.302. The van der Waals surface area contributed by atoms with Crippen LogP contribution >= 0.6 is 0 Å². The fourth-order valence-corrected chi connectivity index (χ4v) is 4.14. The Morgan fingerprint density at radius 1 is 1.13 bits per heavy atom. The van der Waals surface area contributed by atoms with Crippen molar-refractivity contribution in [1.82, 2.24) is 16.0 Å². The molecule has 31 heavy (non-hydrogen) atoms. The van der Waals surface area contributed by atoms with E-state index in [1.165, 1.54) is 5.56 Å². The first-order valence-corrected chi connectivity index (χ1v) is 11.7. The van der Waals surface area contributed by atoms with Crippen LogP contribution in [-0.4, -0.2) is 51.3 Å². The van der Waals surface area contributed by atoms with Gasteiger partial charge in [0, 0.05) is 31.6 Å².